The van der Waals surface area contributed by atoms with E-state index in [9.17, 15) is 0 Å². The van der Waals surface area contributed by atoms with Gasteiger partial charge in [0, 0.05) is 12.4 Å². The van der Waals surface area contributed by atoms with Crippen LogP contribution in [0.15, 0.2) is 36.8 Å². The van der Waals surface area contributed by atoms with E-state index < -0.39 is 0 Å². The number of aryl methyl sites for hydroxylation is 1. The van der Waals surface area contributed by atoms with Crippen LogP contribution in [0.3, 0.4) is 0 Å². The van der Waals surface area contributed by atoms with Crippen molar-refractivity contribution in [2.45, 2.75) is 19.9 Å². The minimum atomic E-state index is 0.751. The first-order valence-corrected chi connectivity index (χ1v) is 4.79. The minimum Gasteiger partial charge on any atom is -0.266 e. The maximum Gasteiger partial charge on any atom is 0.0831 e. The van der Waals surface area contributed by atoms with E-state index in [-0.39, 0.29) is 0 Å². The summed E-state index contributed by atoms with van der Waals surface area (Å²) in [5, 5.41) is 4.26. The van der Waals surface area contributed by atoms with Crippen molar-refractivity contribution >= 4 is 0 Å². The third kappa shape index (κ3) is 1.99. The van der Waals surface area contributed by atoms with Crippen LogP contribution in [0, 0.1) is 0 Å². The second kappa shape index (κ2) is 4.05. The lowest BCUT2D eigenvalue weighted by Gasteiger charge is -1.99. The molecule has 0 saturated carbocycles. The summed E-state index contributed by atoms with van der Waals surface area (Å²) >= 11 is 0. The Labute approximate surface area is 83.4 Å². The van der Waals surface area contributed by atoms with E-state index >= 15 is 0 Å². The smallest absolute Gasteiger partial charge is 0.0831 e. The van der Waals surface area contributed by atoms with Gasteiger partial charge in [-0.2, -0.15) is 5.10 Å². The van der Waals surface area contributed by atoms with E-state index in [2.05, 4.69) is 23.2 Å². The Bertz CT molecular complexity index is 392. The van der Waals surface area contributed by atoms with Crippen molar-refractivity contribution < 1.29 is 0 Å². The number of hydrogen-bond acceptors (Lipinski definition) is 2. The Morgan fingerprint density at radius 2 is 2.29 bits per heavy atom. The molecule has 0 aliphatic carbocycles. The van der Waals surface area contributed by atoms with Crippen molar-refractivity contribution in [3.63, 3.8) is 0 Å². The molecule has 0 atom stereocenters. The van der Waals surface area contributed by atoms with Crippen LogP contribution in [-0.4, -0.2) is 14.8 Å². The molecule has 0 aliphatic heterocycles. The number of hydrogen-bond donors (Lipinski definition) is 0. The van der Waals surface area contributed by atoms with Gasteiger partial charge in [0.05, 0.1) is 18.4 Å². The average Bonchev–Trinajstić information content (AvgIpc) is 2.67. The second-order valence-electron chi connectivity index (χ2n) is 3.22. The first-order valence-electron chi connectivity index (χ1n) is 4.79. The van der Waals surface area contributed by atoms with Gasteiger partial charge in [-0.15, -0.1) is 0 Å². The highest BCUT2D eigenvalue weighted by Gasteiger charge is 1.97. The van der Waals surface area contributed by atoms with Crippen LogP contribution in [0.25, 0.3) is 0 Å². The second-order valence-corrected chi connectivity index (χ2v) is 3.22. The first-order chi connectivity index (χ1) is 6.88. The molecule has 0 amide bonds. The van der Waals surface area contributed by atoms with Crippen LogP contribution in [-0.2, 0) is 13.0 Å². The third-order valence-electron chi connectivity index (χ3n) is 2.15. The molecule has 0 fully saturated rings. The van der Waals surface area contributed by atoms with Gasteiger partial charge in [-0.3, -0.25) is 9.67 Å². The van der Waals surface area contributed by atoms with E-state index in [0.29, 0.717) is 0 Å². The van der Waals surface area contributed by atoms with Gasteiger partial charge >= 0.3 is 0 Å². The normalized spacial score (nSPS) is 10.4. The Hall–Kier alpha value is -1.64. The van der Waals surface area contributed by atoms with E-state index in [1.165, 1.54) is 5.56 Å². The van der Waals surface area contributed by atoms with E-state index in [1.54, 1.807) is 6.20 Å². The van der Waals surface area contributed by atoms with Crippen LogP contribution in [0.5, 0.6) is 0 Å². The lowest BCUT2D eigenvalue weighted by atomic mass is 10.3. The van der Waals surface area contributed by atoms with E-state index in [0.717, 1.165) is 18.7 Å². The number of aromatic nitrogens is 3. The van der Waals surface area contributed by atoms with Gasteiger partial charge in [0.2, 0.25) is 0 Å². The van der Waals surface area contributed by atoms with Crippen LogP contribution in [0.2, 0.25) is 0 Å². The van der Waals surface area contributed by atoms with Gasteiger partial charge in [0.1, 0.15) is 0 Å². The summed E-state index contributed by atoms with van der Waals surface area (Å²) in [6.07, 6.45) is 6.80. The van der Waals surface area contributed by atoms with Crippen LogP contribution >= 0.6 is 0 Å². The third-order valence-corrected chi connectivity index (χ3v) is 2.15. The molecular formula is C11H13N3. The summed E-state index contributed by atoms with van der Waals surface area (Å²) < 4.78 is 1.92. The summed E-state index contributed by atoms with van der Waals surface area (Å²) in [5.41, 5.74) is 2.30. The predicted molar refractivity (Wildman–Crippen MR) is 54.9 cm³/mol. The average molecular weight is 187 g/mol. The van der Waals surface area contributed by atoms with Crippen molar-refractivity contribution in [1.82, 2.24) is 14.8 Å². The molecule has 0 spiro atoms. The van der Waals surface area contributed by atoms with Crippen molar-refractivity contribution in [3.8, 4) is 0 Å². The summed E-state index contributed by atoms with van der Waals surface area (Å²) in [7, 11) is 0. The largest absolute Gasteiger partial charge is 0.266 e. The zero-order valence-electron chi connectivity index (χ0n) is 8.22. The van der Waals surface area contributed by atoms with Gasteiger partial charge in [-0.1, -0.05) is 13.0 Å². The highest BCUT2D eigenvalue weighted by Crippen LogP contribution is 2.01. The molecule has 0 radical (unpaired) electrons. The number of pyridine rings is 1. The van der Waals surface area contributed by atoms with Gasteiger partial charge in [-0.25, -0.2) is 0 Å². The number of rotatable bonds is 3. The molecule has 72 valence electrons. The molecule has 0 aromatic carbocycles. The highest BCUT2D eigenvalue weighted by atomic mass is 15.3. The topological polar surface area (TPSA) is 30.7 Å². The molecule has 2 rings (SSSR count). The molecule has 3 nitrogen and oxygen atoms in total. The monoisotopic (exact) mass is 187 g/mol. The maximum atomic E-state index is 4.26. The van der Waals surface area contributed by atoms with E-state index in [4.69, 9.17) is 0 Å². The standard InChI is InChI=1S/C11H13N3/c1-2-10-7-13-14(8-10)9-11-5-3-4-6-12-11/h3-8H,2,9H2,1H3. The molecule has 2 heterocycles. The Morgan fingerprint density at radius 1 is 1.36 bits per heavy atom. The molecule has 2 aromatic rings. The van der Waals surface area contributed by atoms with Gasteiger partial charge in [-0.05, 0) is 24.1 Å². The fourth-order valence-corrected chi connectivity index (χ4v) is 1.33. The Morgan fingerprint density at radius 3 is 2.93 bits per heavy atom. The molecule has 14 heavy (non-hydrogen) atoms. The molecule has 0 unspecified atom stereocenters. The zero-order chi connectivity index (χ0) is 9.80. The van der Waals surface area contributed by atoms with Crippen LogP contribution in [0.1, 0.15) is 18.2 Å². The maximum absolute atomic E-state index is 4.26. The molecule has 3 heteroatoms. The SMILES string of the molecule is CCc1cnn(Cc2ccccn2)c1. The lowest BCUT2D eigenvalue weighted by Crippen LogP contribution is -2.01. The molecule has 0 aliphatic rings. The van der Waals surface area contributed by atoms with Crippen molar-refractivity contribution in [1.29, 1.82) is 0 Å². The molecule has 0 bridgehead atoms. The number of nitrogens with zero attached hydrogens (tertiary/aromatic N) is 3. The fourth-order valence-electron chi connectivity index (χ4n) is 1.33. The van der Waals surface area contributed by atoms with Gasteiger partial charge < -0.3 is 0 Å². The van der Waals surface area contributed by atoms with Crippen molar-refractivity contribution in [3.05, 3.63) is 48.0 Å². The van der Waals surface area contributed by atoms with Crippen LogP contribution in [0.4, 0.5) is 0 Å². The van der Waals surface area contributed by atoms with Crippen molar-refractivity contribution in [2.75, 3.05) is 0 Å². The quantitative estimate of drug-likeness (QED) is 0.734. The Kier molecular flexibility index (Phi) is 2.58. The molecule has 2 aromatic heterocycles. The summed E-state index contributed by atoms with van der Waals surface area (Å²) in [6.45, 7) is 2.88. The van der Waals surface area contributed by atoms with Crippen LogP contribution < -0.4 is 0 Å². The predicted octanol–water partition coefficient (Wildman–Crippen LogP) is 1.89. The molecule has 0 saturated heterocycles. The lowest BCUT2D eigenvalue weighted by molar-refractivity contribution is 0.672. The molecular weight excluding hydrogens is 174 g/mol. The summed E-state index contributed by atoms with van der Waals surface area (Å²) in [5.74, 6) is 0. The van der Waals surface area contributed by atoms with Gasteiger partial charge in [0.15, 0.2) is 0 Å². The van der Waals surface area contributed by atoms with E-state index in [1.807, 2.05) is 29.1 Å². The first kappa shape index (κ1) is 8.94. The minimum absolute atomic E-state index is 0.751. The van der Waals surface area contributed by atoms with Gasteiger partial charge in [0.25, 0.3) is 0 Å². The van der Waals surface area contributed by atoms with Crippen molar-refractivity contribution in [2.24, 2.45) is 0 Å². The molecule has 0 N–H and O–H groups in total. The zero-order valence-corrected chi connectivity index (χ0v) is 8.22. The highest BCUT2D eigenvalue weighted by molar-refractivity contribution is 5.07. The Balaban J connectivity index is 2.11. The fraction of sp³-hybridized carbons (Fsp3) is 0.273. The summed E-state index contributed by atoms with van der Waals surface area (Å²) in [4.78, 5) is 4.25. The summed E-state index contributed by atoms with van der Waals surface area (Å²) in [6, 6.07) is 5.92.